The fourth-order valence-electron chi connectivity index (χ4n) is 1.44. The molecule has 0 aromatic carbocycles. The number of nitrogens with two attached hydrogens (primary N) is 1. The Bertz CT molecular complexity index is 226. The highest BCUT2D eigenvalue weighted by molar-refractivity contribution is 5.79. The number of halogens is 3. The molecule has 1 atom stereocenters. The molecule has 0 radical (unpaired) electrons. The zero-order valence-electron chi connectivity index (χ0n) is 8.10. The molecular formula is C8H14F3N3O. The number of hydrogen-bond acceptors (Lipinski definition) is 3. The van der Waals surface area contributed by atoms with E-state index in [1.54, 1.807) is 5.32 Å². The van der Waals surface area contributed by atoms with E-state index in [4.69, 9.17) is 5.73 Å². The molecule has 4 nitrogen and oxygen atoms in total. The van der Waals surface area contributed by atoms with Crippen LogP contribution in [0.1, 0.15) is 12.8 Å². The van der Waals surface area contributed by atoms with Crippen LogP contribution in [-0.4, -0.2) is 31.3 Å². The average molecular weight is 225 g/mol. The molecule has 88 valence electrons. The van der Waals surface area contributed by atoms with E-state index in [1.165, 1.54) is 0 Å². The molecule has 15 heavy (non-hydrogen) atoms. The van der Waals surface area contributed by atoms with Crippen molar-refractivity contribution in [2.45, 2.75) is 25.2 Å². The van der Waals surface area contributed by atoms with Crippen molar-refractivity contribution in [2.24, 2.45) is 11.7 Å². The molecule has 1 fully saturated rings. The zero-order chi connectivity index (χ0) is 11.5. The molecule has 1 saturated heterocycles. The van der Waals surface area contributed by atoms with Gasteiger partial charge in [-0.2, -0.15) is 13.2 Å². The van der Waals surface area contributed by atoms with Gasteiger partial charge in [-0.05, 0) is 25.9 Å². The largest absolute Gasteiger partial charge is 0.421 e. The van der Waals surface area contributed by atoms with Gasteiger partial charge < -0.3 is 16.4 Å². The normalized spacial score (nSPS) is 21.1. The van der Waals surface area contributed by atoms with Gasteiger partial charge in [-0.15, -0.1) is 0 Å². The fraction of sp³-hybridized carbons (Fsp3) is 0.875. The Labute approximate surface area is 85.4 Å². The number of carbonyl (C=O) groups excluding carboxylic acids is 1. The summed E-state index contributed by atoms with van der Waals surface area (Å²) in [5, 5.41) is 4.80. The summed E-state index contributed by atoms with van der Waals surface area (Å²) in [7, 11) is 0. The maximum atomic E-state index is 12.0. The average Bonchev–Trinajstić information content (AvgIpc) is 2.17. The van der Waals surface area contributed by atoms with Crippen LogP contribution in [0.15, 0.2) is 0 Å². The van der Waals surface area contributed by atoms with Crippen molar-refractivity contribution in [3.05, 3.63) is 0 Å². The molecule has 4 N–H and O–H groups in total. The third-order valence-electron chi connectivity index (χ3n) is 2.36. The van der Waals surface area contributed by atoms with Gasteiger partial charge in [-0.25, -0.2) is 0 Å². The fourth-order valence-corrected chi connectivity index (χ4v) is 1.44. The minimum Gasteiger partial charge on any atom is -0.333 e. The summed E-state index contributed by atoms with van der Waals surface area (Å²) < 4.78 is 36.1. The zero-order valence-corrected chi connectivity index (χ0v) is 8.10. The second kappa shape index (κ2) is 4.80. The molecule has 7 heteroatoms. The number of alkyl halides is 3. The number of carbonyl (C=O) groups is 1. The van der Waals surface area contributed by atoms with Crippen LogP contribution in [0.4, 0.5) is 13.2 Å². The van der Waals surface area contributed by atoms with Crippen LogP contribution in [0, 0.1) is 5.92 Å². The summed E-state index contributed by atoms with van der Waals surface area (Å²) in [5.74, 6) is -0.971. The van der Waals surface area contributed by atoms with E-state index in [-0.39, 0.29) is 5.92 Å². The molecule has 1 aliphatic rings. The van der Waals surface area contributed by atoms with Crippen molar-refractivity contribution in [1.29, 1.82) is 0 Å². The Morgan fingerprint density at radius 3 is 2.40 bits per heavy atom. The predicted octanol–water partition coefficient (Wildman–Crippen LogP) is -0.0507. The van der Waals surface area contributed by atoms with Gasteiger partial charge in [-0.3, -0.25) is 4.79 Å². The standard InChI is InChI=1S/C8H14F3N3O/c9-8(10,11)7(12)14-6(15)5-1-3-13-4-2-5/h5,7,13H,1-4,12H2,(H,14,15). The van der Waals surface area contributed by atoms with Crippen LogP contribution in [0.2, 0.25) is 0 Å². The van der Waals surface area contributed by atoms with Crippen LogP contribution >= 0.6 is 0 Å². The van der Waals surface area contributed by atoms with Crippen molar-refractivity contribution in [3.8, 4) is 0 Å². The number of piperidine rings is 1. The van der Waals surface area contributed by atoms with E-state index in [1.807, 2.05) is 0 Å². The van der Waals surface area contributed by atoms with Gasteiger partial charge in [0.15, 0.2) is 6.17 Å². The van der Waals surface area contributed by atoms with E-state index in [0.717, 1.165) is 0 Å². The number of hydrogen-bond donors (Lipinski definition) is 3. The minimum absolute atomic E-state index is 0.361. The molecule has 1 rings (SSSR count). The minimum atomic E-state index is -4.58. The van der Waals surface area contributed by atoms with Crippen molar-refractivity contribution >= 4 is 5.91 Å². The summed E-state index contributed by atoms with van der Waals surface area (Å²) in [6.07, 6.45) is -5.74. The maximum absolute atomic E-state index is 12.0. The van der Waals surface area contributed by atoms with Gasteiger partial charge in [-0.1, -0.05) is 0 Å². The van der Waals surface area contributed by atoms with E-state index < -0.39 is 18.2 Å². The summed E-state index contributed by atoms with van der Waals surface area (Å²) >= 11 is 0. The van der Waals surface area contributed by atoms with Gasteiger partial charge in [0.1, 0.15) is 0 Å². The first-order valence-electron chi connectivity index (χ1n) is 4.74. The Kier molecular flexibility index (Phi) is 3.92. The monoisotopic (exact) mass is 225 g/mol. The third kappa shape index (κ3) is 3.67. The molecule has 0 aromatic heterocycles. The van der Waals surface area contributed by atoms with E-state index in [0.29, 0.717) is 25.9 Å². The topological polar surface area (TPSA) is 67.1 Å². The lowest BCUT2D eigenvalue weighted by atomic mass is 9.97. The lowest BCUT2D eigenvalue weighted by Gasteiger charge is -2.24. The molecule has 0 spiro atoms. The van der Waals surface area contributed by atoms with Gasteiger partial charge in [0.05, 0.1) is 0 Å². The van der Waals surface area contributed by atoms with Gasteiger partial charge in [0.2, 0.25) is 5.91 Å². The maximum Gasteiger partial charge on any atom is 0.421 e. The highest BCUT2D eigenvalue weighted by atomic mass is 19.4. The molecular weight excluding hydrogens is 211 g/mol. The molecule has 0 aliphatic carbocycles. The summed E-state index contributed by atoms with van der Waals surface area (Å²) in [6, 6.07) is 0. The second-order valence-corrected chi connectivity index (χ2v) is 3.55. The van der Waals surface area contributed by atoms with Crippen LogP contribution < -0.4 is 16.4 Å². The molecule has 1 aliphatic heterocycles. The highest BCUT2D eigenvalue weighted by Gasteiger charge is 2.38. The number of amides is 1. The predicted molar refractivity (Wildman–Crippen MR) is 47.8 cm³/mol. The van der Waals surface area contributed by atoms with Crippen LogP contribution in [-0.2, 0) is 4.79 Å². The molecule has 1 unspecified atom stereocenters. The van der Waals surface area contributed by atoms with E-state index >= 15 is 0 Å². The van der Waals surface area contributed by atoms with Gasteiger partial charge in [0.25, 0.3) is 0 Å². The molecule has 0 bridgehead atoms. The third-order valence-corrected chi connectivity index (χ3v) is 2.36. The highest BCUT2D eigenvalue weighted by Crippen LogP contribution is 2.18. The second-order valence-electron chi connectivity index (χ2n) is 3.55. The van der Waals surface area contributed by atoms with Crippen molar-refractivity contribution in [3.63, 3.8) is 0 Å². The van der Waals surface area contributed by atoms with Crippen LogP contribution in [0.25, 0.3) is 0 Å². The Balaban J connectivity index is 2.40. The lowest BCUT2D eigenvalue weighted by Crippen LogP contribution is -2.54. The first-order valence-corrected chi connectivity index (χ1v) is 4.74. The number of rotatable bonds is 2. The molecule has 0 saturated carbocycles. The first kappa shape index (κ1) is 12.3. The lowest BCUT2D eigenvalue weighted by molar-refractivity contribution is -0.162. The van der Waals surface area contributed by atoms with Crippen LogP contribution in [0.5, 0.6) is 0 Å². The molecule has 1 amide bonds. The van der Waals surface area contributed by atoms with E-state index in [2.05, 4.69) is 5.32 Å². The number of nitrogens with one attached hydrogen (secondary N) is 2. The van der Waals surface area contributed by atoms with Crippen molar-refractivity contribution in [1.82, 2.24) is 10.6 Å². The summed E-state index contributed by atoms with van der Waals surface area (Å²) in [6.45, 7) is 1.30. The Hall–Kier alpha value is -0.820. The van der Waals surface area contributed by atoms with E-state index in [9.17, 15) is 18.0 Å². The summed E-state index contributed by atoms with van der Waals surface area (Å²) in [4.78, 5) is 11.3. The Morgan fingerprint density at radius 2 is 1.93 bits per heavy atom. The van der Waals surface area contributed by atoms with Crippen molar-refractivity contribution in [2.75, 3.05) is 13.1 Å². The molecule has 0 aromatic rings. The first-order chi connectivity index (χ1) is 6.91. The Morgan fingerprint density at radius 1 is 1.40 bits per heavy atom. The van der Waals surface area contributed by atoms with Gasteiger partial charge in [0, 0.05) is 5.92 Å². The van der Waals surface area contributed by atoms with Gasteiger partial charge >= 0.3 is 6.18 Å². The molecule has 1 heterocycles. The van der Waals surface area contributed by atoms with Crippen LogP contribution in [0.3, 0.4) is 0 Å². The van der Waals surface area contributed by atoms with Crippen molar-refractivity contribution < 1.29 is 18.0 Å². The smallest absolute Gasteiger partial charge is 0.333 e. The SMILES string of the molecule is NC(NC(=O)C1CCNCC1)C(F)(F)F. The summed E-state index contributed by atoms with van der Waals surface area (Å²) in [5.41, 5.74) is 4.79. The quantitative estimate of drug-likeness (QED) is 0.577.